The lowest BCUT2D eigenvalue weighted by Crippen LogP contribution is -2.45. The first-order valence-corrected chi connectivity index (χ1v) is 14.7. The second kappa shape index (κ2) is 14.2. The number of rotatable bonds is 12. The maximum atomic E-state index is 14.2. The second-order valence-electron chi connectivity index (χ2n) is 10.7. The molecule has 5 rings (SSSR count). The first-order chi connectivity index (χ1) is 21.5. The zero-order valence-electron chi connectivity index (χ0n) is 26.0. The summed E-state index contributed by atoms with van der Waals surface area (Å²) in [5.41, 5.74) is 5.23. The van der Waals surface area contributed by atoms with Crippen molar-refractivity contribution in [2.45, 2.75) is 31.5 Å². The average molecular weight is 597 g/mol. The first kappa shape index (κ1) is 30.8. The van der Waals surface area contributed by atoms with Gasteiger partial charge in [0.1, 0.15) is 11.8 Å². The minimum Gasteiger partial charge on any atom is -0.497 e. The maximum absolute atomic E-state index is 14.2. The highest BCUT2D eigenvalue weighted by Gasteiger charge is 2.37. The molecule has 8 heteroatoms. The van der Waals surface area contributed by atoms with E-state index in [-0.39, 0.29) is 11.9 Å². The third kappa shape index (κ3) is 6.60. The molecule has 4 aromatic rings. The molecule has 1 N–H and O–H groups in total. The minimum atomic E-state index is -0.534. The maximum Gasteiger partial charge on any atom is 0.242 e. The molecule has 0 saturated carbocycles. The van der Waals surface area contributed by atoms with Crippen molar-refractivity contribution in [1.29, 1.82) is 0 Å². The summed E-state index contributed by atoms with van der Waals surface area (Å²) in [5, 5.41) is 3.21. The Kier molecular flexibility index (Phi) is 9.92. The predicted octanol–water partition coefficient (Wildman–Crippen LogP) is 5.93. The van der Waals surface area contributed by atoms with E-state index in [9.17, 15) is 4.79 Å². The summed E-state index contributed by atoms with van der Waals surface area (Å²) >= 11 is 0. The van der Waals surface area contributed by atoms with Crippen molar-refractivity contribution >= 4 is 5.91 Å². The van der Waals surface area contributed by atoms with Crippen molar-refractivity contribution in [2.24, 2.45) is 0 Å². The third-order valence-corrected chi connectivity index (χ3v) is 8.22. The van der Waals surface area contributed by atoms with Crippen LogP contribution in [0.3, 0.4) is 0 Å². The molecular weight excluding hydrogens is 556 g/mol. The molecule has 230 valence electrons. The number of hydrogen-bond acceptors (Lipinski definition) is 7. The van der Waals surface area contributed by atoms with Crippen LogP contribution in [0.4, 0.5) is 0 Å². The Hall–Kier alpha value is -4.69. The van der Waals surface area contributed by atoms with Crippen molar-refractivity contribution in [2.75, 3.05) is 42.1 Å². The number of hydrogen-bond donors (Lipinski definition) is 1. The van der Waals surface area contributed by atoms with Gasteiger partial charge in [0.25, 0.3) is 0 Å². The molecule has 0 spiro atoms. The van der Waals surface area contributed by atoms with E-state index in [0.717, 1.165) is 34.4 Å². The van der Waals surface area contributed by atoms with Gasteiger partial charge in [0.05, 0.1) is 35.5 Å². The molecule has 1 aliphatic rings. The average Bonchev–Trinajstić information content (AvgIpc) is 3.08. The number of amides is 1. The number of fused-ring (bicyclic) bond motifs is 1. The van der Waals surface area contributed by atoms with Crippen LogP contribution in [0.2, 0.25) is 0 Å². The van der Waals surface area contributed by atoms with Crippen LogP contribution < -0.4 is 29.0 Å². The Morgan fingerprint density at radius 1 is 0.750 bits per heavy atom. The summed E-state index contributed by atoms with van der Waals surface area (Å²) in [5.74, 6) is 3.37. The van der Waals surface area contributed by atoms with E-state index >= 15 is 0 Å². The van der Waals surface area contributed by atoms with Gasteiger partial charge in [-0.2, -0.15) is 0 Å². The van der Waals surface area contributed by atoms with E-state index in [2.05, 4.69) is 28.4 Å². The van der Waals surface area contributed by atoms with E-state index < -0.39 is 6.04 Å². The lowest BCUT2D eigenvalue weighted by molar-refractivity contribution is -0.128. The van der Waals surface area contributed by atoms with Gasteiger partial charge in [0, 0.05) is 19.1 Å². The summed E-state index contributed by atoms with van der Waals surface area (Å²) in [6.07, 6.45) is 1.39. The predicted molar refractivity (Wildman–Crippen MR) is 170 cm³/mol. The van der Waals surface area contributed by atoms with Crippen molar-refractivity contribution in [3.63, 3.8) is 0 Å². The van der Waals surface area contributed by atoms with Gasteiger partial charge < -0.3 is 29.0 Å². The fourth-order valence-electron chi connectivity index (χ4n) is 6.01. The van der Waals surface area contributed by atoms with E-state index in [1.54, 1.807) is 35.5 Å². The summed E-state index contributed by atoms with van der Waals surface area (Å²) in [7, 11) is 8.20. The number of methoxy groups -OCH3 is 5. The van der Waals surface area contributed by atoms with Crippen LogP contribution in [0, 0.1) is 0 Å². The van der Waals surface area contributed by atoms with Crippen LogP contribution in [-0.2, 0) is 24.2 Å². The molecule has 1 heterocycles. The Balaban J connectivity index is 1.56. The van der Waals surface area contributed by atoms with E-state index in [1.807, 2.05) is 66.7 Å². The van der Waals surface area contributed by atoms with Crippen molar-refractivity contribution in [3.05, 3.63) is 113 Å². The molecule has 2 atom stereocenters. The smallest absolute Gasteiger partial charge is 0.242 e. The lowest BCUT2D eigenvalue weighted by Gasteiger charge is -2.42. The van der Waals surface area contributed by atoms with Crippen LogP contribution in [0.15, 0.2) is 84.9 Å². The molecule has 0 bridgehead atoms. The van der Waals surface area contributed by atoms with Crippen molar-refractivity contribution < 1.29 is 28.5 Å². The highest BCUT2D eigenvalue weighted by atomic mass is 16.5. The van der Waals surface area contributed by atoms with E-state index in [0.29, 0.717) is 42.5 Å². The number of ether oxygens (including phenoxy) is 5. The highest BCUT2D eigenvalue weighted by Crippen LogP contribution is 2.43. The number of carbonyl (C=O) groups is 1. The number of carbonyl (C=O) groups excluding carboxylic acids is 1. The largest absolute Gasteiger partial charge is 0.497 e. The zero-order valence-corrected chi connectivity index (χ0v) is 26.0. The molecule has 0 unspecified atom stereocenters. The van der Waals surface area contributed by atoms with E-state index in [4.69, 9.17) is 23.7 Å². The van der Waals surface area contributed by atoms with Crippen LogP contribution in [-0.4, -0.2) is 52.9 Å². The number of nitrogens with zero attached hydrogens (tertiary/aromatic N) is 1. The van der Waals surface area contributed by atoms with Crippen LogP contribution in [0.25, 0.3) is 0 Å². The molecule has 0 radical (unpaired) electrons. The fourth-order valence-corrected chi connectivity index (χ4v) is 6.01. The molecule has 0 aliphatic carbocycles. The quantitative estimate of drug-likeness (QED) is 0.217. The van der Waals surface area contributed by atoms with Gasteiger partial charge >= 0.3 is 0 Å². The molecule has 44 heavy (non-hydrogen) atoms. The SMILES string of the molecule is COc1cccc(CNC(=O)[C@@H](c2ccccc2)N2CCc3cc(OC)c(OC)cc3[C@@H]2Cc2ccc(OC)c(OC)c2)c1. The molecule has 0 saturated heterocycles. The van der Waals surface area contributed by atoms with Gasteiger partial charge in [-0.15, -0.1) is 0 Å². The molecule has 4 aromatic carbocycles. The third-order valence-electron chi connectivity index (χ3n) is 8.22. The topological polar surface area (TPSA) is 78.5 Å². The van der Waals surface area contributed by atoms with Gasteiger partial charge in [-0.25, -0.2) is 0 Å². The molecule has 0 aromatic heterocycles. The fraction of sp³-hybridized carbons (Fsp3) is 0.306. The summed E-state index contributed by atoms with van der Waals surface area (Å²) < 4.78 is 27.9. The van der Waals surface area contributed by atoms with Gasteiger partial charge in [0.2, 0.25) is 5.91 Å². The lowest BCUT2D eigenvalue weighted by atomic mass is 9.86. The van der Waals surface area contributed by atoms with Gasteiger partial charge in [0.15, 0.2) is 23.0 Å². The molecule has 8 nitrogen and oxygen atoms in total. The molecule has 1 aliphatic heterocycles. The second-order valence-corrected chi connectivity index (χ2v) is 10.7. The Bertz CT molecular complexity index is 1570. The van der Waals surface area contributed by atoms with Crippen LogP contribution in [0.1, 0.15) is 39.9 Å². The summed E-state index contributed by atoms with van der Waals surface area (Å²) in [6, 6.07) is 27.1. The number of benzene rings is 4. The standard InChI is InChI=1S/C36H40N2O6/c1-40-28-13-9-10-25(18-28)23-37-36(39)35(26-11-7-6-8-12-26)38-17-16-27-21-33(43-4)34(44-5)22-29(27)30(38)19-24-14-15-31(41-2)32(20-24)42-3/h6-15,18,20-22,30,35H,16-17,19,23H2,1-5H3,(H,37,39)/t30-,35+/m0/s1. The Labute approximate surface area is 259 Å². The monoisotopic (exact) mass is 596 g/mol. The summed E-state index contributed by atoms with van der Waals surface area (Å²) in [4.78, 5) is 16.5. The summed E-state index contributed by atoms with van der Waals surface area (Å²) in [6.45, 7) is 1.06. The van der Waals surface area contributed by atoms with Gasteiger partial charge in [-0.05, 0) is 77.1 Å². The van der Waals surface area contributed by atoms with Crippen LogP contribution in [0.5, 0.6) is 28.7 Å². The van der Waals surface area contributed by atoms with Crippen molar-refractivity contribution in [1.82, 2.24) is 10.2 Å². The minimum absolute atomic E-state index is 0.0692. The van der Waals surface area contributed by atoms with Gasteiger partial charge in [-0.3, -0.25) is 9.69 Å². The Morgan fingerprint density at radius 3 is 2.16 bits per heavy atom. The highest BCUT2D eigenvalue weighted by molar-refractivity contribution is 5.83. The molecule has 1 amide bonds. The Morgan fingerprint density at radius 2 is 1.45 bits per heavy atom. The van der Waals surface area contributed by atoms with Crippen molar-refractivity contribution in [3.8, 4) is 28.7 Å². The van der Waals surface area contributed by atoms with Gasteiger partial charge in [-0.1, -0.05) is 48.5 Å². The van der Waals surface area contributed by atoms with E-state index in [1.165, 1.54) is 5.56 Å². The molecular formula is C36H40N2O6. The number of nitrogens with one attached hydrogen (secondary N) is 1. The normalized spacial score (nSPS) is 15.1. The van der Waals surface area contributed by atoms with Crippen LogP contribution >= 0.6 is 0 Å². The first-order valence-electron chi connectivity index (χ1n) is 14.7. The molecule has 0 fully saturated rings. The zero-order chi connectivity index (χ0) is 31.1.